The van der Waals surface area contributed by atoms with E-state index >= 15 is 0 Å². The van der Waals surface area contributed by atoms with Crippen molar-refractivity contribution in [2.45, 2.75) is 38.6 Å². The van der Waals surface area contributed by atoms with E-state index in [1.807, 2.05) is 23.1 Å². The fourth-order valence-electron chi connectivity index (χ4n) is 2.54. The van der Waals surface area contributed by atoms with Gasteiger partial charge in [-0.3, -0.25) is 4.79 Å². The van der Waals surface area contributed by atoms with Crippen LogP contribution in [0.15, 0.2) is 22.7 Å². The molecule has 2 rings (SSSR count). The molecule has 1 amide bonds. The number of nitrogens with zero attached hydrogens (tertiary/aromatic N) is 1. The van der Waals surface area contributed by atoms with Gasteiger partial charge in [0, 0.05) is 18.2 Å². The summed E-state index contributed by atoms with van der Waals surface area (Å²) in [5.41, 5.74) is 0.724. The standard InChI is InChI=1S/C15H20BrNO2/c1-11-6-4-3-5-9-17(11)15(18)12-7-8-14(19-2)13(16)10-12/h7-8,10-11H,3-6,9H2,1-2H3. The summed E-state index contributed by atoms with van der Waals surface area (Å²) in [6.45, 7) is 3.01. The average Bonchev–Trinajstić information content (AvgIpc) is 2.62. The Balaban J connectivity index is 2.20. The smallest absolute Gasteiger partial charge is 0.254 e. The number of hydrogen-bond acceptors (Lipinski definition) is 2. The van der Waals surface area contributed by atoms with Crippen LogP contribution in [0.4, 0.5) is 0 Å². The van der Waals surface area contributed by atoms with Crippen molar-refractivity contribution in [2.75, 3.05) is 13.7 Å². The van der Waals surface area contributed by atoms with Gasteiger partial charge in [0.25, 0.3) is 5.91 Å². The largest absolute Gasteiger partial charge is 0.496 e. The maximum absolute atomic E-state index is 12.6. The summed E-state index contributed by atoms with van der Waals surface area (Å²) in [7, 11) is 1.62. The van der Waals surface area contributed by atoms with Gasteiger partial charge in [-0.1, -0.05) is 12.8 Å². The van der Waals surface area contributed by atoms with E-state index in [1.54, 1.807) is 7.11 Å². The first kappa shape index (κ1) is 14.4. The van der Waals surface area contributed by atoms with Crippen molar-refractivity contribution in [3.8, 4) is 5.75 Å². The SMILES string of the molecule is COc1ccc(C(=O)N2CCCCCC2C)cc1Br. The van der Waals surface area contributed by atoms with Crippen molar-refractivity contribution in [3.05, 3.63) is 28.2 Å². The third-order valence-electron chi connectivity index (χ3n) is 3.71. The molecule has 3 nitrogen and oxygen atoms in total. The molecule has 1 fully saturated rings. The number of carbonyl (C=O) groups is 1. The maximum atomic E-state index is 12.6. The Morgan fingerprint density at radius 2 is 2.16 bits per heavy atom. The number of hydrogen-bond donors (Lipinski definition) is 0. The van der Waals surface area contributed by atoms with Crippen LogP contribution < -0.4 is 4.74 Å². The molecule has 1 aromatic carbocycles. The van der Waals surface area contributed by atoms with Gasteiger partial charge in [0.15, 0.2) is 0 Å². The topological polar surface area (TPSA) is 29.5 Å². The molecule has 0 aliphatic carbocycles. The fraction of sp³-hybridized carbons (Fsp3) is 0.533. The van der Waals surface area contributed by atoms with Crippen molar-refractivity contribution < 1.29 is 9.53 Å². The Kier molecular flexibility index (Phi) is 4.86. The lowest BCUT2D eigenvalue weighted by Gasteiger charge is -2.27. The summed E-state index contributed by atoms with van der Waals surface area (Å²) >= 11 is 3.43. The number of carbonyl (C=O) groups excluding carboxylic acids is 1. The summed E-state index contributed by atoms with van der Waals surface area (Å²) in [6.07, 6.45) is 4.65. The maximum Gasteiger partial charge on any atom is 0.254 e. The van der Waals surface area contributed by atoms with Gasteiger partial charge in [0.1, 0.15) is 5.75 Å². The Bertz CT molecular complexity index is 461. The lowest BCUT2D eigenvalue weighted by atomic mass is 10.1. The molecular formula is C15H20BrNO2. The molecule has 19 heavy (non-hydrogen) atoms. The Labute approximate surface area is 123 Å². The molecule has 0 saturated carbocycles. The van der Waals surface area contributed by atoms with Crippen LogP contribution in [0, 0.1) is 0 Å². The van der Waals surface area contributed by atoms with E-state index in [9.17, 15) is 4.79 Å². The Morgan fingerprint density at radius 1 is 1.37 bits per heavy atom. The minimum Gasteiger partial charge on any atom is -0.496 e. The highest BCUT2D eigenvalue weighted by Gasteiger charge is 2.23. The Morgan fingerprint density at radius 3 is 2.84 bits per heavy atom. The van der Waals surface area contributed by atoms with E-state index in [1.165, 1.54) is 12.8 Å². The van der Waals surface area contributed by atoms with Crippen LogP contribution in [0.2, 0.25) is 0 Å². The predicted octanol–water partition coefficient (Wildman–Crippen LogP) is 3.86. The van der Waals surface area contributed by atoms with Gasteiger partial charge in [-0.25, -0.2) is 0 Å². The van der Waals surface area contributed by atoms with Crippen molar-refractivity contribution in [1.82, 2.24) is 4.90 Å². The molecule has 4 heteroatoms. The van der Waals surface area contributed by atoms with Gasteiger partial charge in [-0.15, -0.1) is 0 Å². The molecule has 1 aliphatic rings. The summed E-state index contributed by atoms with van der Waals surface area (Å²) in [6, 6.07) is 5.85. The number of rotatable bonds is 2. The van der Waals surface area contributed by atoms with Crippen molar-refractivity contribution in [1.29, 1.82) is 0 Å². The molecular weight excluding hydrogens is 306 g/mol. The Hall–Kier alpha value is -1.03. The van der Waals surface area contributed by atoms with Gasteiger partial charge in [-0.2, -0.15) is 0 Å². The minimum absolute atomic E-state index is 0.123. The van der Waals surface area contributed by atoms with Gasteiger partial charge in [0.2, 0.25) is 0 Å². The molecule has 0 spiro atoms. The number of likely N-dealkylation sites (tertiary alicyclic amines) is 1. The molecule has 104 valence electrons. The number of halogens is 1. The fourth-order valence-corrected chi connectivity index (χ4v) is 3.08. The van der Waals surface area contributed by atoms with Gasteiger partial charge < -0.3 is 9.64 Å². The highest BCUT2D eigenvalue weighted by Crippen LogP contribution is 2.27. The van der Waals surface area contributed by atoms with Crippen molar-refractivity contribution in [2.24, 2.45) is 0 Å². The van der Waals surface area contributed by atoms with Crippen LogP contribution in [0.1, 0.15) is 43.0 Å². The van der Waals surface area contributed by atoms with E-state index in [-0.39, 0.29) is 5.91 Å². The summed E-state index contributed by atoms with van der Waals surface area (Å²) in [4.78, 5) is 14.6. The van der Waals surface area contributed by atoms with Crippen LogP contribution in [-0.4, -0.2) is 30.5 Å². The molecule has 0 radical (unpaired) electrons. The molecule has 1 saturated heterocycles. The number of methoxy groups -OCH3 is 1. The number of ether oxygens (including phenoxy) is 1. The second-order valence-electron chi connectivity index (χ2n) is 5.05. The van der Waals surface area contributed by atoms with Crippen LogP contribution in [0.25, 0.3) is 0 Å². The van der Waals surface area contributed by atoms with Gasteiger partial charge in [-0.05, 0) is 53.9 Å². The summed E-state index contributed by atoms with van der Waals surface area (Å²) in [5.74, 6) is 0.873. The molecule has 1 aromatic rings. The van der Waals surface area contributed by atoms with Crippen LogP contribution in [0.5, 0.6) is 5.75 Å². The second kappa shape index (κ2) is 6.42. The van der Waals surface area contributed by atoms with Crippen molar-refractivity contribution >= 4 is 21.8 Å². The lowest BCUT2D eigenvalue weighted by Crippen LogP contribution is -2.38. The number of amides is 1. The zero-order chi connectivity index (χ0) is 13.8. The van der Waals surface area contributed by atoms with Crippen LogP contribution in [-0.2, 0) is 0 Å². The van der Waals surface area contributed by atoms with E-state index in [2.05, 4.69) is 22.9 Å². The predicted molar refractivity (Wildman–Crippen MR) is 79.7 cm³/mol. The first-order valence-electron chi connectivity index (χ1n) is 6.78. The van der Waals surface area contributed by atoms with E-state index in [4.69, 9.17) is 4.74 Å². The molecule has 0 bridgehead atoms. The molecule has 0 aromatic heterocycles. The number of benzene rings is 1. The van der Waals surface area contributed by atoms with E-state index < -0.39 is 0 Å². The van der Waals surface area contributed by atoms with Crippen LogP contribution >= 0.6 is 15.9 Å². The average molecular weight is 326 g/mol. The quantitative estimate of drug-likeness (QED) is 0.826. The minimum atomic E-state index is 0.123. The lowest BCUT2D eigenvalue weighted by molar-refractivity contribution is 0.0698. The zero-order valence-electron chi connectivity index (χ0n) is 11.5. The first-order chi connectivity index (χ1) is 9.13. The van der Waals surface area contributed by atoms with E-state index in [0.717, 1.165) is 35.2 Å². The van der Waals surface area contributed by atoms with Crippen LogP contribution in [0.3, 0.4) is 0 Å². The molecule has 0 N–H and O–H groups in total. The van der Waals surface area contributed by atoms with Gasteiger partial charge in [0.05, 0.1) is 11.6 Å². The third-order valence-corrected chi connectivity index (χ3v) is 4.33. The second-order valence-corrected chi connectivity index (χ2v) is 5.90. The van der Waals surface area contributed by atoms with Crippen molar-refractivity contribution in [3.63, 3.8) is 0 Å². The van der Waals surface area contributed by atoms with Gasteiger partial charge >= 0.3 is 0 Å². The molecule has 1 atom stereocenters. The third kappa shape index (κ3) is 3.30. The highest BCUT2D eigenvalue weighted by atomic mass is 79.9. The highest BCUT2D eigenvalue weighted by molar-refractivity contribution is 9.10. The summed E-state index contributed by atoms with van der Waals surface area (Å²) < 4.78 is 6.02. The summed E-state index contributed by atoms with van der Waals surface area (Å²) in [5, 5.41) is 0. The zero-order valence-corrected chi connectivity index (χ0v) is 13.1. The normalized spacial score (nSPS) is 19.9. The molecule has 1 unspecified atom stereocenters. The first-order valence-corrected chi connectivity index (χ1v) is 7.57. The van der Waals surface area contributed by atoms with E-state index in [0.29, 0.717) is 6.04 Å². The molecule has 1 heterocycles. The monoisotopic (exact) mass is 325 g/mol. The molecule has 1 aliphatic heterocycles.